The number of hydrogen-bond acceptors (Lipinski definition) is 5. The first-order valence-corrected chi connectivity index (χ1v) is 9.26. The molecule has 3 heterocycles. The molecule has 2 aromatic carbocycles. The summed E-state index contributed by atoms with van der Waals surface area (Å²) < 4.78 is 5.46. The summed E-state index contributed by atoms with van der Waals surface area (Å²) >= 11 is 0. The Kier molecular flexibility index (Phi) is 3.94. The van der Waals surface area contributed by atoms with Gasteiger partial charge in [-0.1, -0.05) is 54.5 Å². The molecule has 0 radical (unpaired) electrons. The molecule has 1 aliphatic rings. The van der Waals surface area contributed by atoms with Gasteiger partial charge in [0.1, 0.15) is 5.69 Å². The lowest BCUT2D eigenvalue weighted by Gasteiger charge is -2.37. The minimum Gasteiger partial charge on any atom is -0.332 e. The van der Waals surface area contributed by atoms with Crippen molar-refractivity contribution in [3.63, 3.8) is 0 Å². The number of pyridine rings is 1. The summed E-state index contributed by atoms with van der Waals surface area (Å²) in [7, 11) is 0. The highest BCUT2D eigenvalue weighted by Crippen LogP contribution is 2.31. The van der Waals surface area contributed by atoms with Crippen LogP contribution in [0.3, 0.4) is 0 Å². The lowest BCUT2D eigenvalue weighted by Crippen LogP contribution is -2.44. The highest BCUT2D eigenvalue weighted by Gasteiger charge is 2.23. The Balaban J connectivity index is 1.54. The standard InChI is InChI=1S/C22H20N4O/c1-15-12-26(13-15)14-16-9-10-19(18-7-3-2-6-17(16)18)21-24-22(27-25-21)20-8-4-5-11-23-20/h2-11,15H,12-14H2,1H3. The first-order chi connectivity index (χ1) is 13.3. The van der Waals surface area contributed by atoms with E-state index in [0.29, 0.717) is 17.4 Å². The summed E-state index contributed by atoms with van der Waals surface area (Å²) in [5.41, 5.74) is 3.01. The number of fused-ring (bicyclic) bond motifs is 1. The molecule has 0 atom stereocenters. The van der Waals surface area contributed by atoms with Crippen LogP contribution in [0.5, 0.6) is 0 Å². The second-order valence-electron chi connectivity index (χ2n) is 7.26. The van der Waals surface area contributed by atoms with E-state index < -0.39 is 0 Å². The van der Waals surface area contributed by atoms with Gasteiger partial charge in [-0.2, -0.15) is 4.98 Å². The number of likely N-dealkylation sites (tertiary alicyclic amines) is 1. The van der Waals surface area contributed by atoms with Crippen LogP contribution < -0.4 is 0 Å². The molecule has 5 nitrogen and oxygen atoms in total. The van der Waals surface area contributed by atoms with E-state index in [0.717, 1.165) is 23.4 Å². The summed E-state index contributed by atoms with van der Waals surface area (Å²) in [6.07, 6.45) is 1.72. The molecule has 1 saturated heterocycles. The van der Waals surface area contributed by atoms with E-state index in [2.05, 4.69) is 63.3 Å². The Labute approximate surface area is 157 Å². The van der Waals surface area contributed by atoms with Gasteiger partial charge >= 0.3 is 0 Å². The van der Waals surface area contributed by atoms with Gasteiger partial charge in [0.2, 0.25) is 5.82 Å². The molecule has 0 aliphatic carbocycles. The van der Waals surface area contributed by atoms with E-state index in [4.69, 9.17) is 4.52 Å². The van der Waals surface area contributed by atoms with Crippen molar-refractivity contribution >= 4 is 10.8 Å². The van der Waals surface area contributed by atoms with Crippen molar-refractivity contribution in [1.82, 2.24) is 20.0 Å². The smallest absolute Gasteiger partial charge is 0.276 e. The normalized spacial score (nSPS) is 15.1. The maximum Gasteiger partial charge on any atom is 0.276 e. The van der Waals surface area contributed by atoms with Gasteiger partial charge in [-0.05, 0) is 34.4 Å². The van der Waals surface area contributed by atoms with Crippen molar-refractivity contribution < 1.29 is 4.52 Å². The van der Waals surface area contributed by atoms with Gasteiger partial charge in [0.05, 0.1) is 0 Å². The average Bonchev–Trinajstić information content (AvgIpc) is 3.17. The van der Waals surface area contributed by atoms with Crippen molar-refractivity contribution in [3.05, 3.63) is 66.4 Å². The molecule has 2 aromatic heterocycles. The largest absolute Gasteiger partial charge is 0.332 e. The number of nitrogens with zero attached hydrogens (tertiary/aromatic N) is 4. The molecule has 134 valence electrons. The number of benzene rings is 2. The molecule has 0 unspecified atom stereocenters. The van der Waals surface area contributed by atoms with E-state index >= 15 is 0 Å². The Hall–Kier alpha value is -3.05. The summed E-state index contributed by atoms with van der Waals surface area (Å²) in [5.74, 6) is 1.84. The van der Waals surface area contributed by atoms with Crippen LogP contribution >= 0.6 is 0 Å². The van der Waals surface area contributed by atoms with E-state index in [-0.39, 0.29) is 0 Å². The Bertz CT molecular complexity index is 1080. The van der Waals surface area contributed by atoms with Crippen molar-refractivity contribution in [3.8, 4) is 23.0 Å². The van der Waals surface area contributed by atoms with Crippen molar-refractivity contribution in [2.24, 2.45) is 5.92 Å². The quantitative estimate of drug-likeness (QED) is 0.542. The Morgan fingerprint density at radius 2 is 1.81 bits per heavy atom. The van der Waals surface area contributed by atoms with Gasteiger partial charge in [-0.15, -0.1) is 0 Å². The van der Waals surface area contributed by atoms with Gasteiger partial charge in [-0.3, -0.25) is 9.88 Å². The monoisotopic (exact) mass is 356 g/mol. The SMILES string of the molecule is CC1CN(Cc2ccc(-c3noc(-c4ccccn4)n3)c3ccccc23)C1. The Morgan fingerprint density at radius 1 is 1.00 bits per heavy atom. The van der Waals surface area contributed by atoms with Gasteiger partial charge in [-0.25, -0.2) is 0 Å². The molecule has 0 bridgehead atoms. The molecule has 0 spiro atoms. The maximum atomic E-state index is 5.46. The summed E-state index contributed by atoms with van der Waals surface area (Å²) in [6, 6.07) is 18.4. The fraction of sp³-hybridized carbons (Fsp3) is 0.227. The van der Waals surface area contributed by atoms with Gasteiger partial charge in [0.25, 0.3) is 5.89 Å². The van der Waals surface area contributed by atoms with Crippen molar-refractivity contribution in [2.45, 2.75) is 13.5 Å². The lowest BCUT2D eigenvalue weighted by atomic mass is 9.96. The molecule has 0 saturated carbocycles. The van der Waals surface area contributed by atoms with Crippen LogP contribution in [0.25, 0.3) is 33.7 Å². The molecule has 5 heteroatoms. The summed E-state index contributed by atoms with van der Waals surface area (Å²) in [4.78, 5) is 11.3. The molecule has 0 amide bonds. The van der Waals surface area contributed by atoms with Gasteiger partial charge in [0.15, 0.2) is 0 Å². The number of aromatic nitrogens is 3. The molecule has 27 heavy (non-hydrogen) atoms. The Morgan fingerprint density at radius 3 is 2.59 bits per heavy atom. The zero-order valence-corrected chi connectivity index (χ0v) is 15.2. The fourth-order valence-corrected chi connectivity index (χ4v) is 3.82. The van der Waals surface area contributed by atoms with E-state index in [9.17, 15) is 0 Å². The second-order valence-corrected chi connectivity index (χ2v) is 7.26. The summed E-state index contributed by atoms with van der Waals surface area (Å²) in [5, 5.41) is 6.60. The third-order valence-corrected chi connectivity index (χ3v) is 5.10. The highest BCUT2D eigenvalue weighted by atomic mass is 16.5. The summed E-state index contributed by atoms with van der Waals surface area (Å²) in [6.45, 7) is 5.63. The zero-order valence-electron chi connectivity index (χ0n) is 15.2. The number of rotatable bonds is 4. The maximum absolute atomic E-state index is 5.46. The number of hydrogen-bond donors (Lipinski definition) is 0. The van der Waals surface area contributed by atoms with Crippen LogP contribution in [0.2, 0.25) is 0 Å². The third kappa shape index (κ3) is 3.00. The minimum atomic E-state index is 0.438. The predicted octanol–water partition coefficient (Wildman–Crippen LogP) is 4.40. The van der Waals surface area contributed by atoms with Crippen molar-refractivity contribution in [1.29, 1.82) is 0 Å². The van der Waals surface area contributed by atoms with Gasteiger partial charge < -0.3 is 4.52 Å². The van der Waals surface area contributed by atoms with E-state index in [1.165, 1.54) is 24.0 Å². The van der Waals surface area contributed by atoms with Crippen molar-refractivity contribution in [2.75, 3.05) is 13.1 Å². The first-order valence-electron chi connectivity index (χ1n) is 9.26. The minimum absolute atomic E-state index is 0.438. The lowest BCUT2D eigenvalue weighted by molar-refractivity contribution is 0.105. The topological polar surface area (TPSA) is 55.1 Å². The molecule has 4 aromatic rings. The van der Waals surface area contributed by atoms with Crippen LogP contribution in [-0.4, -0.2) is 33.1 Å². The first kappa shape index (κ1) is 16.1. The average molecular weight is 356 g/mol. The molecule has 1 fully saturated rings. The molecule has 5 rings (SSSR count). The van der Waals surface area contributed by atoms with Crippen LogP contribution in [0.4, 0.5) is 0 Å². The van der Waals surface area contributed by atoms with Crippen LogP contribution in [0, 0.1) is 5.92 Å². The zero-order chi connectivity index (χ0) is 18.2. The van der Waals surface area contributed by atoms with Crippen LogP contribution in [-0.2, 0) is 6.54 Å². The van der Waals surface area contributed by atoms with E-state index in [1.54, 1.807) is 6.20 Å². The van der Waals surface area contributed by atoms with E-state index in [1.807, 2.05) is 18.2 Å². The second kappa shape index (κ2) is 6.59. The molecular formula is C22H20N4O. The van der Waals surface area contributed by atoms with Crippen LogP contribution in [0.1, 0.15) is 12.5 Å². The third-order valence-electron chi connectivity index (χ3n) is 5.10. The molecule has 0 N–H and O–H groups in total. The van der Waals surface area contributed by atoms with Gasteiger partial charge in [0, 0.05) is 31.4 Å². The molecule has 1 aliphatic heterocycles. The predicted molar refractivity (Wildman–Crippen MR) is 105 cm³/mol. The fourth-order valence-electron chi connectivity index (χ4n) is 3.82. The van der Waals surface area contributed by atoms with Crippen LogP contribution in [0.15, 0.2) is 65.3 Å². The molecular weight excluding hydrogens is 336 g/mol. The highest BCUT2D eigenvalue weighted by molar-refractivity contribution is 5.97.